The predicted molar refractivity (Wildman–Crippen MR) is 83.9 cm³/mol. The predicted octanol–water partition coefficient (Wildman–Crippen LogP) is 3.49. The van der Waals surface area contributed by atoms with Crippen LogP contribution in [0.3, 0.4) is 0 Å². The third-order valence-corrected chi connectivity index (χ3v) is 3.68. The molecule has 0 fully saturated rings. The molecule has 6 heteroatoms. The Labute approximate surface area is 129 Å². The van der Waals surface area contributed by atoms with Gasteiger partial charge in [-0.25, -0.2) is 0 Å². The highest BCUT2D eigenvalue weighted by Gasteiger charge is 2.13. The van der Waals surface area contributed by atoms with Crippen molar-refractivity contribution in [2.24, 2.45) is 0 Å². The van der Waals surface area contributed by atoms with E-state index in [1.807, 2.05) is 24.3 Å². The number of nitrogens with zero attached hydrogens (tertiary/aromatic N) is 2. The summed E-state index contributed by atoms with van der Waals surface area (Å²) in [6.07, 6.45) is 4.84. The summed E-state index contributed by atoms with van der Waals surface area (Å²) >= 11 is 3.50. The maximum absolute atomic E-state index is 12.2. The molecule has 0 saturated heterocycles. The van der Waals surface area contributed by atoms with Gasteiger partial charge >= 0.3 is 0 Å². The van der Waals surface area contributed by atoms with Crippen molar-refractivity contribution in [3.63, 3.8) is 0 Å². The number of nitrogens with one attached hydrogen (secondary N) is 2. The Morgan fingerprint density at radius 2 is 1.86 bits per heavy atom. The van der Waals surface area contributed by atoms with Gasteiger partial charge in [-0.05, 0) is 18.2 Å². The lowest BCUT2D eigenvalue weighted by molar-refractivity contribution is 0.102. The van der Waals surface area contributed by atoms with E-state index in [-0.39, 0.29) is 5.91 Å². The standard InChI is InChI=1S/C15H11BrN4O/c16-13-4-2-1-3-11(13)12-9-18-20-14(12)19-15(21)10-5-7-17-8-6-10/h1-9H,(H2,18,19,20,21). The second kappa shape index (κ2) is 5.88. The van der Waals surface area contributed by atoms with Gasteiger partial charge in [0.05, 0.1) is 6.20 Å². The van der Waals surface area contributed by atoms with Crippen LogP contribution >= 0.6 is 15.9 Å². The second-order valence-electron chi connectivity index (χ2n) is 4.33. The summed E-state index contributed by atoms with van der Waals surface area (Å²) < 4.78 is 0.936. The van der Waals surface area contributed by atoms with Crippen molar-refractivity contribution in [1.82, 2.24) is 15.2 Å². The van der Waals surface area contributed by atoms with E-state index in [0.717, 1.165) is 15.6 Å². The van der Waals surface area contributed by atoms with Gasteiger partial charge in [-0.15, -0.1) is 0 Å². The SMILES string of the molecule is O=C(Nc1[nH]ncc1-c1ccccc1Br)c1ccncc1. The number of pyridine rings is 1. The second-order valence-corrected chi connectivity index (χ2v) is 5.18. The number of carbonyl (C=O) groups excluding carboxylic acids is 1. The summed E-state index contributed by atoms with van der Waals surface area (Å²) in [5.74, 6) is 0.346. The smallest absolute Gasteiger partial charge is 0.256 e. The molecule has 2 N–H and O–H groups in total. The Balaban J connectivity index is 1.90. The number of hydrogen-bond donors (Lipinski definition) is 2. The number of carbonyl (C=O) groups is 1. The first-order chi connectivity index (χ1) is 10.3. The van der Waals surface area contributed by atoms with Gasteiger partial charge < -0.3 is 5.32 Å². The normalized spacial score (nSPS) is 10.3. The molecule has 0 spiro atoms. The van der Waals surface area contributed by atoms with Gasteiger partial charge in [-0.3, -0.25) is 14.9 Å². The van der Waals surface area contributed by atoms with E-state index in [9.17, 15) is 4.79 Å². The quantitative estimate of drug-likeness (QED) is 0.765. The van der Waals surface area contributed by atoms with Crippen molar-refractivity contribution < 1.29 is 4.79 Å². The van der Waals surface area contributed by atoms with Gasteiger partial charge in [-0.2, -0.15) is 5.10 Å². The van der Waals surface area contributed by atoms with Crippen molar-refractivity contribution in [2.45, 2.75) is 0 Å². The molecule has 0 unspecified atom stereocenters. The minimum Gasteiger partial charge on any atom is -0.306 e. The van der Waals surface area contributed by atoms with Crippen LogP contribution < -0.4 is 5.32 Å². The number of rotatable bonds is 3. The molecule has 0 bridgehead atoms. The van der Waals surface area contributed by atoms with E-state index in [1.54, 1.807) is 30.7 Å². The van der Waals surface area contributed by atoms with Crippen LogP contribution in [0.5, 0.6) is 0 Å². The molecule has 1 aromatic carbocycles. The monoisotopic (exact) mass is 342 g/mol. The van der Waals surface area contributed by atoms with Crippen molar-refractivity contribution >= 4 is 27.7 Å². The Hall–Kier alpha value is -2.47. The van der Waals surface area contributed by atoms with E-state index in [1.165, 1.54) is 0 Å². The summed E-state index contributed by atoms with van der Waals surface area (Å²) in [4.78, 5) is 16.1. The average molecular weight is 343 g/mol. The molecule has 0 radical (unpaired) electrons. The van der Waals surface area contributed by atoms with Gasteiger partial charge in [0.25, 0.3) is 5.91 Å². The summed E-state index contributed by atoms with van der Waals surface area (Å²) in [5.41, 5.74) is 2.32. The molecule has 3 aromatic rings. The topological polar surface area (TPSA) is 70.7 Å². The average Bonchev–Trinajstić information content (AvgIpc) is 2.96. The van der Waals surface area contributed by atoms with E-state index in [2.05, 4.69) is 36.4 Å². The first-order valence-electron chi connectivity index (χ1n) is 6.25. The fraction of sp³-hybridized carbons (Fsp3) is 0. The molecule has 0 aliphatic heterocycles. The van der Waals surface area contributed by atoms with Crippen molar-refractivity contribution in [3.8, 4) is 11.1 Å². The number of aromatic nitrogens is 3. The first kappa shape index (κ1) is 13.5. The lowest BCUT2D eigenvalue weighted by atomic mass is 10.1. The number of anilines is 1. The van der Waals surface area contributed by atoms with Crippen LogP contribution in [0.1, 0.15) is 10.4 Å². The highest BCUT2D eigenvalue weighted by atomic mass is 79.9. The minimum absolute atomic E-state index is 0.213. The molecule has 1 amide bonds. The molecule has 5 nitrogen and oxygen atoms in total. The fourth-order valence-corrected chi connectivity index (χ4v) is 2.45. The number of aromatic amines is 1. The number of benzene rings is 1. The highest BCUT2D eigenvalue weighted by Crippen LogP contribution is 2.32. The van der Waals surface area contributed by atoms with Gasteiger partial charge in [0.15, 0.2) is 0 Å². The van der Waals surface area contributed by atoms with Crippen LogP contribution in [-0.4, -0.2) is 21.1 Å². The molecule has 2 aromatic heterocycles. The van der Waals surface area contributed by atoms with Crippen LogP contribution in [0.2, 0.25) is 0 Å². The molecule has 0 atom stereocenters. The Bertz CT molecular complexity index is 770. The van der Waals surface area contributed by atoms with Crippen LogP contribution in [0, 0.1) is 0 Å². The summed E-state index contributed by atoms with van der Waals surface area (Å²) in [6.45, 7) is 0. The number of halogens is 1. The highest BCUT2D eigenvalue weighted by molar-refractivity contribution is 9.10. The maximum Gasteiger partial charge on any atom is 0.256 e. The largest absolute Gasteiger partial charge is 0.306 e. The van der Waals surface area contributed by atoms with E-state index in [0.29, 0.717) is 11.4 Å². The number of hydrogen-bond acceptors (Lipinski definition) is 3. The molecule has 21 heavy (non-hydrogen) atoms. The lowest BCUT2D eigenvalue weighted by Crippen LogP contribution is -2.12. The van der Waals surface area contributed by atoms with Gasteiger partial charge in [0.2, 0.25) is 0 Å². The van der Waals surface area contributed by atoms with E-state index in [4.69, 9.17) is 0 Å². The third kappa shape index (κ3) is 2.85. The van der Waals surface area contributed by atoms with Gasteiger partial charge in [-0.1, -0.05) is 34.1 Å². The summed E-state index contributed by atoms with van der Waals surface area (Å²) in [7, 11) is 0. The molecule has 0 aliphatic carbocycles. The Morgan fingerprint density at radius 1 is 1.10 bits per heavy atom. The molecule has 3 rings (SSSR count). The third-order valence-electron chi connectivity index (χ3n) is 2.98. The Kier molecular flexibility index (Phi) is 3.79. The van der Waals surface area contributed by atoms with Crippen LogP contribution in [0.4, 0.5) is 5.82 Å². The zero-order chi connectivity index (χ0) is 14.7. The minimum atomic E-state index is -0.213. The number of amides is 1. The molecule has 0 saturated carbocycles. The van der Waals surface area contributed by atoms with Crippen LogP contribution in [0.25, 0.3) is 11.1 Å². The summed E-state index contributed by atoms with van der Waals surface area (Å²) in [5, 5.41) is 9.65. The summed E-state index contributed by atoms with van der Waals surface area (Å²) in [6, 6.07) is 11.1. The van der Waals surface area contributed by atoms with Crippen molar-refractivity contribution in [1.29, 1.82) is 0 Å². The molecular formula is C15H11BrN4O. The zero-order valence-electron chi connectivity index (χ0n) is 10.9. The van der Waals surface area contributed by atoms with Crippen molar-refractivity contribution in [2.75, 3.05) is 5.32 Å². The zero-order valence-corrected chi connectivity index (χ0v) is 12.5. The van der Waals surface area contributed by atoms with Crippen molar-refractivity contribution in [3.05, 3.63) is 65.0 Å². The Morgan fingerprint density at radius 3 is 2.62 bits per heavy atom. The molecule has 2 heterocycles. The molecule has 104 valence electrons. The van der Waals surface area contributed by atoms with Crippen LogP contribution in [-0.2, 0) is 0 Å². The molecule has 0 aliphatic rings. The van der Waals surface area contributed by atoms with Crippen LogP contribution in [0.15, 0.2) is 59.5 Å². The van der Waals surface area contributed by atoms with E-state index < -0.39 is 0 Å². The molecular weight excluding hydrogens is 332 g/mol. The van der Waals surface area contributed by atoms with E-state index >= 15 is 0 Å². The lowest BCUT2D eigenvalue weighted by Gasteiger charge is -2.07. The van der Waals surface area contributed by atoms with Gasteiger partial charge in [0, 0.05) is 33.6 Å². The number of H-pyrrole nitrogens is 1. The first-order valence-corrected chi connectivity index (χ1v) is 7.04. The fourth-order valence-electron chi connectivity index (χ4n) is 1.95. The maximum atomic E-state index is 12.2. The van der Waals surface area contributed by atoms with Gasteiger partial charge in [0.1, 0.15) is 5.82 Å².